The van der Waals surface area contributed by atoms with Gasteiger partial charge in [-0.3, -0.25) is 46.8 Å². The molecule has 4 aliphatic rings. The van der Waals surface area contributed by atoms with Crippen LogP contribution in [0.15, 0.2) is 80.1 Å². The molecule has 6 heterocycles. The number of hydrogen-bond acceptors (Lipinski definition) is 14. The number of benzene rings is 2. The topological polar surface area (TPSA) is 218 Å². The molecule has 4 aliphatic heterocycles. The van der Waals surface area contributed by atoms with Gasteiger partial charge in [-0.15, -0.1) is 0 Å². The highest BCUT2D eigenvalue weighted by molar-refractivity contribution is 7.49. The van der Waals surface area contributed by atoms with Gasteiger partial charge >= 0.3 is 27.0 Å². The molecule has 0 radical (unpaired) electrons. The number of phosphoric ester groups is 2. The number of hydrogen-bond donors (Lipinski definition) is 2. The van der Waals surface area contributed by atoms with E-state index in [0.29, 0.717) is 44.9 Å². The summed E-state index contributed by atoms with van der Waals surface area (Å²) in [7, 11) is -8.08. The molecule has 4 aromatic rings. The van der Waals surface area contributed by atoms with Crippen molar-refractivity contribution in [3.8, 4) is 22.6 Å². The van der Waals surface area contributed by atoms with Crippen LogP contribution in [0.3, 0.4) is 0 Å². The van der Waals surface area contributed by atoms with Gasteiger partial charge in [0.05, 0.1) is 26.4 Å². The van der Waals surface area contributed by atoms with Crippen molar-refractivity contribution < 1.29 is 45.7 Å². The second-order valence-electron chi connectivity index (χ2n) is 13.6. The minimum atomic E-state index is -4.04. The molecule has 0 spiro atoms. The zero-order chi connectivity index (χ0) is 39.5. The SMILES string of the molecule is Cc1cc(-c2cc(C)c3c(c2)COP(=O)(OCC2C=C[C@H](n4cc(C)c(=O)[nH]c4=O)O2)O3)cc2c1OP(=O)(OCC1C=C[C@@H](n3cc(C)c(=O)[nH]c3=O)O1)OC2. The van der Waals surface area contributed by atoms with Crippen molar-refractivity contribution in [3.05, 3.63) is 136 Å². The zero-order valence-corrected chi connectivity index (χ0v) is 32.2. The number of phosphoric acid groups is 2. The standard InChI is InChI=1S/C36H36N4O14P2/c1-19-9-23(11-25-15-47-55(45,53-31(19)25)49-17-27-5-7-29(51-27)39-13-21(3)33(41)37-35(39)43)24-10-20(2)32-26(12-24)16-48-56(46,54-32)50-18-28-6-8-30(52-28)40-14-22(4)34(42)38-36(40)44/h5-14,27-30H,15-18H2,1-4H3,(H,37,41,43)(H,38,42,44)/t27?,28?,29-,30+,55?,56?. The summed E-state index contributed by atoms with van der Waals surface area (Å²) in [4.78, 5) is 52.5. The lowest BCUT2D eigenvalue weighted by Gasteiger charge is -2.28. The van der Waals surface area contributed by atoms with Gasteiger partial charge in [0.25, 0.3) is 11.1 Å². The third-order valence-electron chi connectivity index (χ3n) is 9.44. The van der Waals surface area contributed by atoms with Crippen molar-refractivity contribution in [2.75, 3.05) is 13.2 Å². The average Bonchev–Trinajstić information content (AvgIpc) is 3.84. The largest absolute Gasteiger partial charge is 0.530 e. The molecule has 0 aliphatic carbocycles. The highest BCUT2D eigenvalue weighted by Crippen LogP contribution is 2.57. The lowest BCUT2D eigenvalue weighted by atomic mass is 9.96. The van der Waals surface area contributed by atoms with Gasteiger partial charge in [-0.1, -0.05) is 12.2 Å². The highest BCUT2D eigenvalue weighted by atomic mass is 31.2. The molecule has 2 aromatic carbocycles. The van der Waals surface area contributed by atoms with Gasteiger partial charge in [0.15, 0.2) is 12.5 Å². The van der Waals surface area contributed by atoms with Crippen LogP contribution in [0.1, 0.15) is 45.8 Å². The molecular weight excluding hydrogens is 774 g/mol. The molecule has 0 fully saturated rings. The van der Waals surface area contributed by atoms with Crippen molar-refractivity contribution in [1.82, 2.24) is 19.1 Å². The predicted octanol–water partition coefficient (Wildman–Crippen LogP) is 4.66. The fraction of sp³-hybridized carbons (Fsp3) is 0.333. The summed E-state index contributed by atoms with van der Waals surface area (Å²) >= 11 is 0. The van der Waals surface area contributed by atoms with E-state index in [1.807, 2.05) is 38.1 Å². The van der Waals surface area contributed by atoms with Crippen LogP contribution < -0.4 is 31.5 Å². The van der Waals surface area contributed by atoms with Crippen LogP contribution in [-0.4, -0.2) is 44.5 Å². The predicted molar refractivity (Wildman–Crippen MR) is 198 cm³/mol. The number of ether oxygens (including phenoxy) is 2. The van der Waals surface area contributed by atoms with Crippen LogP contribution in [-0.2, 0) is 49.9 Å². The highest BCUT2D eigenvalue weighted by Gasteiger charge is 2.39. The summed E-state index contributed by atoms with van der Waals surface area (Å²) < 4.78 is 75.2. The van der Waals surface area contributed by atoms with Crippen molar-refractivity contribution in [3.63, 3.8) is 0 Å². The van der Waals surface area contributed by atoms with E-state index in [9.17, 15) is 28.3 Å². The Labute approximate surface area is 317 Å². The van der Waals surface area contributed by atoms with Crippen molar-refractivity contribution in [2.45, 2.75) is 65.6 Å². The third kappa shape index (κ3) is 7.50. The second-order valence-corrected chi connectivity index (χ2v) is 16.8. The molecule has 2 N–H and O–H groups in total. The molecule has 6 atom stereocenters. The minimum absolute atomic E-state index is 0.0596. The van der Waals surface area contributed by atoms with E-state index in [1.165, 1.54) is 21.5 Å². The molecule has 0 amide bonds. The maximum atomic E-state index is 13.5. The van der Waals surface area contributed by atoms with Crippen LogP contribution in [0, 0.1) is 27.7 Å². The van der Waals surface area contributed by atoms with E-state index in [4.69, 9.17) is 36.6 Å². The second kappa shape index (κ2) is 14.6. The molecule has 18 nitrogen and oxygen atoms in total. The van der Waals surface area contributed by atoms with Crippen LogP contribution >= 0.6 is 15.6 Å². The number of aromatic nitrogens is 4. The third-order valence-corrected chi connectivity index (χ3v) is 12.1. The quantitative estimate of drug-likeness (QED) is 0.174. The molecule has 0 saturated carbocycles. The van der Waals surface area contributed by atoms with Gasteiger partial charge in [-0.25, -0.2) is 18.7 Å². The Balaban J connectivity index is 0.890. The first-order valence-electron chi connectivity index (χ1n) is 17.4. The summed E-state index contributed by atoms with van der Waals surface area (Å²) in [5.74, 6) is 0.735. The Hall–Kier alpha value is -4.90. The van der Waals surface area contributed by atoms with E-state index < -0.39 is 62.8 Å². The molecule has 294 valence electrons. The maximum absolute atomic E-state index is 13.5. The monoisotopic (exact) mass is 810 g/mol. The minimum Gasteiger partial charge on any atom is -0.403 e. The van der Waals surface area contributed by atoms with E-state index in [2.05, 4.69) is 9.97 Å². The van der Waals surface area contributed by atoms with Crippen LogP contribution in [0.4, 0.5) is 0 Å². The summed E-state index contributed by atoms with van der Waals surface area (Å²) in [6, 6.07) is 7.45. The molecule has 0 saturated heterocycles. The smallest absolute Gasteiger partial charge is 0.403 e. The Morgan fingerprint density at radius 3 is 1.45 bits per heavy atom. The number of fused-ring (bicyclic) bond motifs is 2. The fourth-order valence-electron chi connectivity index (χ4n) is 6.57. The summed E-state index contributed by atoms with van der Waals surface area (Å²) in [6.07, 6.45) is 6.47. The molecule has 20 heteroatoms. The first-order chi connectivity index (χ1) is 26.7. The Morgan fingerprint density at radius 1 is 0.625 bits per heavy atom. The molecule has 4 unspecified atom stereocenters. The van der Waals surface area contributed by atoms with Gasteiger partial charge in [-0.05, 0) is 86.4 Å². The average molecular weight is 811 g/mol. The maximum Gasteiger partial charge on any atom is 0.530 e. The number of H-pyrrole nitrogens is 2. The van der Waals surface area contributed by atoms with Gasteiger partial charge < -0.3 is 18.5 Å². The number of aryl methyl sites for hydroxylation is 4. The molecule has 56 heavy (non-hydrogen) atoms. The number of nitrogens with one attached hydrogen (secondary N) is 2. The number of aromatic amines is 2. The normalized spacial score (nSPS) is 26.4. The summed E-state index contributed by atoms with van der Waals surface area (Å²) in [6.45, 7) is 6.28. The van der Waals surface area contributed by atoms with E-state index in [-0.39, 0.29) is 26.4 Å². The van der Waals surface area contributed by atoms with E-state index in [1.54, 1.807) is 38.2 Å². The van der Waals surface area contributed by atoms with Gasteiger partial charge in [0, 0.05) is 34.6 Å². The Morgan fingerprint density at radius 2 is 1.04 bits per heavy atom. The van der Waals surface area contributed by atoms with Crippen LogP contribution in [0.25, 0.3) is 11.1 Å². The Bertz CT molecular complexity index is 2480. The van der Waals surface area contributed by atoms with Gasteiger partial charge in [0.1, 0.15) is 23.7 Å². The van der Waals surface area contributed by atoms with Gasteiger partial charge in [-0.2, -0.15) is 0 Å². The summed E-state index contributed by atoms with van der Waals surface area (Å²) in [5, 5.41) is 0. The van der Waals surface area contributed by atoms with Crippen molar-refractivity contribution >= 4 is 15.6 Å². The van der Waals surface area contributed by atoms with Crippen LogP contribution in [0.5, 0.6) is 11.5 Å². The van der Waals surface area contributed by atoms with Crippen LogP contribution in [0.2, 0.25) is 0 Å². The Kier molecular flexibility index (Phi) is 9.87. The van der Waals surface area contributed by atoms with Gasteiger partial charge in [0.2, 0.25) is 0 Å². The molecule has 2 aromatic heterocycles. The lowest BCUT2D eigenvalue weighted by molar-refractivity contribution is -0.0130. The first-order valence-corrected chi connectivity index (χ1v) is 20.3. The summed E-state index contributed by atoms with van der Waals surface area (Å²) in [5.41, 5.74) is 2.74. The van der Waals surface area contributed by atoms with E-state index >= 15 is 0 Å². The van der Waals surface area contributed by atoms with Crippen molar-refractivity contribution in [1.29, 1.82) is 0 Å². The lowest BCUT2D eigenvalue weighted by Crippen LogP contribution is -2.33. The number of nitrogens with zero attached hydrogens (tertiary/aromatic N) is 2. The molecular formula is C36H36N4O14P2. The van der Waals surface area contributed by atoms with Crippen molar-refractivity contribution in [2.24, 2.45) is 0 Å². The molecule has 0 bridgehead atoms. The van der Waals surface area contributed by atoms with E-state index in [0.717, 1.165) is 11.1 Å². The zero-order valence-electron chi connectivity index (χ0n) is 30.4. The number of rotatable bonds is 9. The first kappa shape index (κ1) is 38.0. The molecule has 8 rings (SSSR count). The fourth-order valence-corrected chi connectivity index (χ4v) is 9.15.